The number of benzene rings is 1. The quantitative estimate of drug-likeness (QED) is 0.714. The molecule has 2 aromatic heterocycles. The predicted octanol–water partition coefficient (Wildman–Crippen LogP) is 4.63. The maximum atomic E-state index is 10.2. The predicted molar refractivity (Wildman–Crippen MR) is 74.4 cm³/mol. The standard InChI is InChI=1S/C13H8Br2O3/c14-8-6-11(18-13(8)15)12(16)10-5-7-3-1-2-4-9(7)17-10/h1-6,12,16H. The summed E-state index contributed by atoms with van der Waals surface area (Å²) in [6, 6.07) is 11.1. The molecule has 0 fully saturated rings. The molecule has 0 aliphatic heterocycles. The molecule has 0 amide bonds. The van der Waals surface area contributed by atoms with Gasteiger partial charge < -0.3 is 13.9 Å². The van der Waals surface area contributed by atoms with Crippen molar-refractivity contribution in [2.75, 3.05) is 0 Å². The number of aliphatic hydroxyl groups is 1. The molecule has 0 bridgehead atoms. The van der Waals surface area contributed by atoms with Crippen molar-refractivity contribution in [2.45, 2.75) is 6.10 Å². The molecule has 1 atom stereocenters. The molecule has 3 nitrogen and oxygen atoms in total. The van der Waals surface area contributed by atoms with Crippen LogP contribution in [0.3, 0.4) is 0 Å². The number of aliphatic hydroxyl groups excluding tert-OH is 1. The summed E-state index contributed by atoms with van der Waals surface area (Å²) in [5.41, 5.74) is 0.747. The third-order valence-corrected chi connectivity index (χ3v) is 4.36. The normalized spacial score (nSPS) is 13.1. The van der Waals surface area contributed by atoms with Crippen molar-refractivity contribution in [3.8, 4) is 0 Å². The Morgan fingerprint density at radius 3 is 2.39 bits per heavy atom. The van der Waals surface area contributed by atoms with Crippen LogP contribution in [0.25, 0.3) is 11.0 Å². The van der Waals surface area contributed by atoms with Crippen LogP contribution in [-0.4, -0.2) is 5.11 Å². The number of halogens is 2. The molecule has 5 heteroatoms. The van der Waals surface area contributed by atoms with Crippen molar-refractivity contribution in [3.05, 3.63) is 57.1 Å². The second-order valence-corrected chi connectivity index (χ2v) is 5.43. The van der Waals surface area contributed by atoms with E-state index in [1.807, 2.05) is 30.3 Å². The van der Waals surface area contributed by atoms with Gasteiger partial charge in [0.2, 0.25) is 0 Å². The van der Waals surface area contributed by atoms with Crippen LogP contribution in [-0.2, 0) is 0 Å². The number of fused-ring (bicyclic) bond motifs is 1. The molecule has 1 aromatic carbocycles. The molecular formula is C13H8Br2O3. The van der Waals surface area contributed by atoms with Gasteiger partial charge in [0.05, 0.1) is 4.47 Å². The van der Waals surface area contributed by atoms with Crippen molar-refractivity contribution in [1.82, 2.24) is 0 Å². The molecule has 2 heterocycles. The smallest absolute Gasteiger partial charge is 0.183 e. The number of furan rings is 2. The Morgan fingerprint density at radius 1 is 1.00 bits per heavy atom. The maximum Gasteiger partial charge on any atom is 0.183 e. The molecule has 0 radical (unpaired) electrons. The van der Waals surface area contributed by atoms with Gasteiger partial charge in [0.15, 0.2) is 10.8 Å². The second-order valence-electron chi connectivity index (χ2n) is 3.86. The van der Waals surface area contributed by atoms with Crippen molar-refractivity contribution in [2.24, 2.45) is 0 Å². The Hall–Kier alpha value is -1.04. The SMILES string of the molecule is OC(c1cc(Br)c(Br)o1)c1cc2ccccc2o1. The minimum Gasteiger partial charge on any atom is -0.458 e. The van der Waals surface area contributed by atoms with Crippen molar-refractivity contribution < 1.29 is 13.9 Å². The lowest BCUT2D eigenvalue weighted by Gasteiger charge is -2.02. The molecular weight excluding hydrogens is 364 g/mol. The van der Waals surface area contributed by atoms with Crippen molar-refractivity contribution in [1.29, 1.82) is 0 Å². The molecule has 1 N–H and O–H groups in total. The van der Waals surface area contributed by atoms with Crippen molar-refractivity contribution in [3.63, 3.8) is 0 Å². The Morgan fingerprint density at radius 2 is 1.72 bits per heavy atom. The molecule has 3 aromatic rings. The van der Waals surface area contributed by atoms with Crippen molar-refractivity contribution >= 4 is 42.8 Å². The van der Waals surface area contributed by atoms with Gasteiger partial charge in [0, 0.05) is 5.39 Å². The first-order valence-corrected chi connectivity index (χ1v) is 6.85. The average molecular weight is 372 g/mol. The van der Waals surface area contributed by atoms with Gasteiger partial charge in [-0.2, -0.15) is 0 Å². The fraction of sp³-hybridized carbons (Fsp3) is 0.0769. The van der Waals surface area contributed by atoms with Gasteiger partial charge in [-0.15, -0.1) is 0 Å². The summed E-state index contributed by atoms with van der Waals surface area (Å²) in [5.74, 6) is 0.887. The molecule has 1 unspecified atom stereocenters. The van der Waals surface area contributed by atoms with E-state index in [4.69, 9.17) is 8.83 Å². The first-order valence-electron chi connectivity index (χ1n) is 5.26. The van der Waals surface area contributed by atoms with E-state index in [0.29, 0.717) is 16.2 Å². The van der Waals surface area contributed by atoms with Gasteiger partial charge in [0.25, 0.3) is 0 Å². The Labute approximate surface area is 120 Å². The van der Waals surface area contributed by atoms with E-state index in [-0.39, 0.29) is 0 Å². The lowest BCUT2D eigenvalue weighted by molar-refractivity contribution is 0.163. The third-order valence-electron chi connectivity index (χ3n) is 2.65. The maximum absolute atomic E-state index is 10.2. The van der Waals surface area contributed by atoms with Crippen LogP contribution in [0.1, 0.15) is 17.6 Å². The number of hydrogen-bond donors (Lipinski definition) is 1. The van der Waals surface area contributed by atoms with Crippen LogP contribution in [0.5, 0.6) is 0 Å². The summed E-state index contributed by atoms with van der Waals surface area (Å²) in [6.45, 7) is 0. The van der Waals surface area contributed by atoms with E-state index in [0.717, 1.165) is 15.4 Å². The highest BCUT2D eigenvalue weighted by Crippen LogP contribution is 2.34. The topological polar surface area (TPSA) is 46.5 Å². The largest absolute Gasteiger partial charge is 0.458 e. The highest BCUT2D eigenvalue weighted by atomic mass is 79.9. The molecule has 3 rings (SSSR count). The lowest BCUT2D eigenvalue weighted by atomic mass is 10.2. The summed E-state index contributed by atoms with van der Waals surface area (Å²) in [7, 11) is 0. The summed E-state index contributed by atoms with van der Waals surface area (Å²) in [4.78, 5) is 0. The zero-order valence-electron chi connectivity index (χ0n) is 9.06. The number of rotatable bonds is 2. The number of para-hydroxylation sites is 1. The van der Waals surface area contributed by atoms with Gasteiger partial charge in [-0.1, -0.05) is 18.2 Å². The molecule has 0 saturated heterocycles. The number of hydrogen-bond acceptors (Lipinski definition) is 3. The zero-order valence-corrected chi connectivity index (χ0v) is 12.2. The van der Waals surface area contributed by atoms with E-state index in [9.17, 15) is 5.11 Å². The molecule has 18 heavy (non-hydrogen) atoms. The molecule has 0 spiro atoms. The van der Waals surface area contributed by atoms with Gasteiger partial charge >= 0.3 is 0 Å². The van der Waals surface area contributed by atoms with Crippen LogP contribution in [0.4, 0.5) is 0 Å². The summed E-state index contributed by atoms with van der Waals surface area (Å²) in [6.07, 6.45) is -0.917. The third kappa shape index (κ3) is 2.02. The first-order chi connectivity index (χ1) is 8.65. The van der Waals surface area contributed by atoms with Crippen LogP contribution in [0.2, 0.25) is 0 Å². The first kappa shape index (κ1) is 12.0. The van der Waals surface area contributed by atoms with Gasteiger partial charge in [-0.05, 0) is 50.1 Å². The summed E-state index contributed by atoms with van der Waals surface area (Å²) in [5, 5.41) is 11.2. The van der Waals surface area contributed by atoms with E-state index < -0.39 is 6.10 Å². The van der Waals surface area contributed by atoms with Gasteiger partial charge in [0.1, 0.15) is 17.1 Å². The van der Waals surface area contributed by atoms with E-state index in [2.05, 4.69) is 31.9 Å². The lowest BCUT2D eigenvalue weighted by Crippen LogP contribution is -1.95. The Balaban J connectivity index is 2.03. The van der Waals surface area contributed by atoms with Crippen LogP contribution in [0.15, 0.2) is 54.4 Å². The molecule has 0 saturated carbocycles. The van der Waals surface area contributed by atoms with Gasteiger partial charge in [-0.25, -0.2) is 0 Å². The zero-order chi connectivity index (χ0) is 12.7. The minimum atomic E-state index is -0.917. The highest BCUT2D eigenvalue weighted by molar-refractivity contribution is 9.13. The summed E-state index contributed by atoms with van der Waals surface area (Å²) < 4.78 is 12.3. The average Bonchev–Trinajstić information content (AvgIpc) is 2.93. The van der Waals surface area contributed by atoms with E-state index in [1.54, 1.807) is 6.07 Å². The molecule has 0 aliphatic rings. The highest BCUT2D eigenvalue weighted by Gasteiger charge is 2.20. The Kier molecular flexibility index (Phi) is 3.05. The van der Waals surface area contributed by atoms with Crippen LogP contribution >= 0.6 is 31.9 Å². The van der Waals surface area contributed by atoms with Crippen LogP contribution in [0, 0.1) is 0 Å². The monoisotopic (exact) mass is 370 g/mol. The second kappa shape index (κ2) is 4.57. The van der Waals surface area contributed by atoms with Gasteiger partial charge in [-0.3, -0.25) is 0 Å². The fourth-order valence-electron chi connectivity index (χ4n) is 1.78. The Bertz CT molecular complexity index is 647. The summed E-state index contributed by atoms with van der Waals surface area (Å²) >= 11 is 6.55. The minimum absolute atomic E-state index is 0.424. The fourth-order valence-corrected chi connectivity index (χ4v) is 2.38. The van der Waals surface area contributed by atoms with E-state index in [1.165, 1.54) is 0 Å². The molecule has 92 valence electrons. The van der Waals surface area contributed by atoms with Crippen LogP contribution < -0.4 is 0 Å². The molecule has 0 aliphatic carbocycles. The van der Waals surface area contributed by atoms with E-state index >= 15 is 0 Å².